The first kappa shape index (κ1) is 17.3. The summed E-state index contributed by atoms with van der Waals surface area (Å²) in [4.78, 5) is 28.7. The van der Waals surface area contributed by atoms with Crippen molar-refractivity contribution in [2.45, 2.75) is 13.3 Å². The molecule has 2 aromatic heterocycles. The number of hydrogen-bond acceptors (Lipinski definition) is 5. The highest BCUT2D eigenvalue weighted by Crippen LogP contribution is 2.24. The van der Waals surface area contributed by atoms with Gasteiger partial charge < -0.3 is 0 Å². The van der Waals surface area contributed by atoms with E-state index in [1.165, 1.54) is 30.5 Å². The summed E-state index contributed by atoms with van der Waals surface area (Å²) < 4.78 is 1.11. The largest absolute Gasteiger partial charge is 0.296 e. The molecule has 1 N–H and O–H groups in total. The molecule has 0 bridgehead atoms. The van der Waals surface area contributed by atoms with Crippen molar-refractivity contribution >= 4 is 34.0 Å². The number of thiazole rings is 1. The third-order valence-electron chi connectivity index (χ3n) is 3.58. The van der Waals surface area contributed by atoms with Gasteiger partial charge in [0.05, 0.1) is 0 Å². The lowest BCUT2D eigenvalue weighted by molar-refractivity contribution is 0.102. The average Bonchev–Trinajstić information content (AvgIpc) is 3.00. The van der Waals surface area contributed by atoms with Crippen LogP contribution in [0.2, 0.25) is 5.02 Å². The Labute approximate surface area is 153 Å². The average molecular weight is 375 g/mol. The van der Waals surface area contributed by atoms with E-state index in [0.29, 0.717) is 11.6 Å². The van der Waals surface area contributed by atoms with E-state index in [2.05, 4.69) is 15.4 Å². The van der Waals surface area contributed by atoms with Crippen LogP contribution in [0.3, 0.4) is 0 Å². The number of aromatic nitrogens is 3. The first-order valence-corrected chi connectivity index (χ1v) is 8.67. The molecular formula is C17H15ClN4O2S. The molecule has 3 aromatic rings. The zero-order valence-electron chi connectivity index (χ0n) is 13.6. The molecule has 3 rings (SSSR count). The highest BCUT2D eigenvalue weighted by atomic mass is 35.5. The number of halogens is 1. The van der Waals surface area contributed by atoms with Crippen LogP contribution in [0.4, 0.5) is 5.13 Å². The molecule has 0 atom stereocenters. The molecule has 0 spiro atoms. The predicted octanol–water partition coefficient (Wildman–Crippen LogP) is 3.04. The molecule has 128 valence electrons. The van der Waals surface area contributed by atoms with Crippen molar-refractivity contribution in [3.8, 4) is 0 Å². The molecular weight excluding hydrogens is 360 g/mol. The van der Waals surface area contributed by atoms with E-state index in [-0.39, 0.29) is 11.3 Å². The zero-order valence-corrected chi connectivity index (χ0v) is 15.2. The van der Waals surface area contributed by atoms with Gasteiger partial charge in [0.1, 0.15) is 5.69 Å². The van der Waals surface area contributed by atoms with Crippen LogP contribution in [-0.4, -0.2) is 20.7 Å². The molecule has 0 aliphatic rings. The fourth-order valence-electron chi connectivity index (χ4n) is 2.18. The van der Waals surface area contributed by atoms with Crippen molar-refractivity contribution < 1.29 is 4.79 Å². The maximum atomic E-state index is 12.2. The number of carbonyl (C=O) groups is 1. The molecule has 1 aromatic carbocycles. The van der Waals surface area contributed by atoms with Crippen LogP contribution in [0.25, 0.3) is 0 Å². The van der Waals surface area contributed by atoms with Crippen molar-refractivity contribution in [1.29, 1.82) is 0 Å². The molecule has 8 heteroatoms. The Kier molecular flexibility index (Phi) is 4.96. The maximum absolute atomic E-state index is 12.2. The van der Waals surface area contributed by atoms with Crippen LogP contribution >= 0.6 is 22.9 Å². The fraction of sp³-hybridized carbons (Fsp3) is 0.176. The number of anilines is 1. The number of nitrogens with one attached hydrogen (secondary N) is 1. The number of nitrogens with zero attached hydrogens (tertiary/aromatic N) is 3. The first-order chi connectivity index (χ1) is 11.9. The van der Waals surface area contributed by atoms with E-state index in [1.807, 2.05) is 25.1 Å². The highest BCUT2D eigenvalue weighted by molar-refractivity contribution is 7.15. The number of hydrogen-bond donors (Lipinski definition) is 1. The van der Waals surface area contributed by atoms with Gasteiger partial charge in [0, 0.05) is 35.6 Å². The summed E-state index contributed by atoms with van der Waals surface area (Å²) >= 11 is 7.53. The Balaban J connectivity index is 1.70. The molecule has 1 amide bonds. The number of amides is 1. The summed E-state index contributed by atoms with van der Waals surface area (Å²) in [6.45, 7) is 1.96. The number of carbonyl (C=O) groups excluding carboxylic acids is 1. The van der Waals surface area contributed by atoms with Gasteiger partial charge in [-0.05, 0) is 30.2 Å². The van der Waals surface area contributed by atoms with Crippen molar-refractivity contribution in [2.75, 3.05) is 5.32 Å². The Morgan fingerprint density at radius 1 is 1.32 bits per heavy atom. The Hall–Kier alpha value is -2.51. The van der Waals surface area contributed by atoms with Crippen molar-refractivity contribution in [1.82, 2.24) is 14.8 Å². The lowest BCUT2D eigenvalue weighted by Gasteiger charge is -2.03. The summed E-state index contributed by atoms with van der Waals surface area (Å²) in [7, 11) is 1.49. The second-order valence-electron chi connectivity index (χ2n) is 5.53. The van der Waals surface area contributed by atoms with E-state index in [0.717, 1.165) is 25.7 Å². The van der Waals surface area contributed by atoms with E-state index in [1.54, 1.807) is 6.20 Å². The molecule has 0 unspecified atom stereocenters. The van der Waals surface area contributed by atoms with Crippen LogP contribution in [-0.2, 0) is 13.5 Å². The van der Waals surface area contributed by atoms with E-state index < -0.39 is 5.91 Å². The summed E-state index contributed by atoms with van der Waals surface area (Å²) in [6.07, 6.45) is 2.41. The minimum absolute atomic E-state index is 0.157. The monoisotopic (exact) mass is 374 g/mol. The number of benzene rings is 1. The predicted molar refractivity (Wildman–Crippen MR) is 98.5 cm³/mol. The highest BCUT2D eigenvalue weighted by Gasteiger charge is 2.12. The van der Waals surface area contributed by atoms with Crippen LogP contribution < -0.4 is 10.9 Å². The number of rotatable bonds is 4. The summed E-state index contributed by atoms with van der Waals surface area (Å²) in [5.74, 6) is -0.408. The molecule has 0 radical (unpaired) electrons. The standard InChI is InChI=1S/C17H15ClN4O2S/c1-10-3-4-11(8-13(10)18)7-12-9-19-17(25-12)20-16(24)14-5-6-15(23)22(2)21-14/h3-6,8-9H,7H2,1-2H3,(H,19,20,24). The number of aryl methyl sites for hydroxylation is 2. The third-order valence-corrected chi connectivity index (χ3v) is 4.90. The van der Waals surface area contributed by atoms with Crippen molar-refractivity contribution in [3.63, 3.8) is 0 Å². The van der Waals surface area contributed by atoms with Crippen LogP contribution in [0.15, 0.2) is 41.3 Å². The summed E-state index contributed by atoms with van der Waals surface area (Å²) in [5, 5.41) is 7.82. The molecule has 0 aliphatic carbocycles. The SMILES string of the molecule is Cc1ccc(Cc2cnc(NC(=O)c3ccc(=O)n(C)n3)s2)cc1Cl. The first-order valence-electron chi connectivity index (χ1n) is 7.48. The fourth-order valence-corrected chi connectivity index (χ4v) is 3.22. The second kappa shape index (κ2) is 7.16. The smallest absolute Gasteiger partial charge is 0.277 e. The van der Waals surface area contributed by atoms with Gasteiger partial charge in [0.2, 0.25) is 0 Å². The van der Waals surface area contributed by atoms with Gasteiger partial charge >= 0.3 is 0 Å². The van der Waals surface area contributed by atoms with Gasteiger partial charge in [-0.25, -0.2) is 9.67 Å². The minimum atomic E-state index is -0.408. The Morgan fingerprint density at radius 2 is 2.12 bits per heavy atom. The van der Waals surface area contributed by atoms with E-state index in [9.17, 15) is 9.59 Å². The summed E-state index contributed by atoms with van der Waals surface area (Å²) in [5.41, 5.74) is 2.00. The van der Waals surface area contributed by atoms with E-state index >= 15 is 0 Å². The van der Waals surface area contributed by atoms with Crippen LogP contribution in [0.5, 0.6) is 0 Å². The molecule has 0 saturated heterocycles. The second-order valence-corrected chi connectivity index (χ2v) is 7.05. The van der Waals surface area contributed by atoms with Crippen LogP contribution in [0.1, 0.15) is 26.5 Å². The molecule has 25 heavy (non-hydrogen) atoms. The van der Waals surface area contributed by atoms with Crippen LogP contribution in [0, 0.1) is 6.92 Å². The van der Waals surface area contributed by atoms with Gasteiger partial charge in [-0.2, -0.15) is 5.10 Å². The Bertz CT molecular complexity index is 996. The van der Waals surface area contributed by atoms with Crippen molar-refractivity contribution in [3.05, 3.63) is 73.6 Å². The normalized spacial score (nSPS) is 10.7. The molecule has 6 nitrogen and oxygen atoms in total. The lowest BCUT2D eigenvalue weighted by atomic mass is 10.1. The lowest BCUT2D eigenvalue weighted by Crippen LogP contribution is -2.23. The minimum Gasteiger partial charge on any atom is -0.296 e. The van der Waals surface area contributed by atoms with Gasteiger partial charge in [-0.3, -0.25) is 14.9 Å². The van der Waals surface area contributed by atoms with Gasteiger partial charge in [0.25, 0.3) is 11.5 Å². The molecule has 0 fully saturated rings. The summed E-state index contributed by atoms with van der Waals surface area (Å²) in [6, 6.07) is 8.63. The quantitative estimate of drug-likeness (QED) is 0.761. The van der Waals surface area contributed by atoms with Gasteiger partial charge in [0.15, 0.2) is 5.13 Å². The zero-order chi connectivity index (χ0) is 18.0. The van der Waals surface area contributed by atoms with Crippen molar-refractivity contribution in [2.24, 2.45) is 7.05 Å². The van der Waals surface area contributed by atoms with Gasteiger partial charge in [-0.15, -0.1) is 11.3 Å². The third kappa shape index (κ3) is 4.12. The molecule has 2 heterocycles. The topological polar surface area (TPSA) is 76.9 Å². The maximum Gasteiger partial charge on any atom is 0.277 e. The molecule has 0 aliphatic heterocycles. The van der Waals surface area contributed by atoms with E-state index in [4.69, 9.17) is 11.6 Å². The Morgan fingerprint density at radius 3 is 2.84 bits per heavy atom. The van der Waals surface area contributed by atoms with Gasteiger partial charge in [-0.1, -0.05) is 23.7 Å². The molecule has 0 saturated carbocycles.